The third-order valence-corrected chi connectivity index (χ3v) is 6.63. The van der Waals surface area contributed by atoms with Crippen LogP contribution in [0.2, 0.25) is 5.02 Å². The van der Waals surface area contributed by atoms with Gasteiger partial charge in [0, 0.05) is 29.4 Å². The molecule has 4 rings (SSSR count). The number of sulfonamides is 1. The van der Waals surface area contributed by atoms with E-state index in [1.54, 1.807) is 31.2 Å². The Morgan fingerprint density at radius 1 is 1.22 bits per heavy atom. The summed E-state index contributed by atoms with van der Waals surface area (Å²) < 4.78 is 36.6. The lowest BCUT2D eigenvalue weighted by atomic mass is 10.2. The van der Waals surface area contributed by atoms with Gasteiger partial charge in [-0.2, -0.15) is 0 Å². The number of nitrogens with one attached hydrogen (secondary N) is 1. The molecule has 3 aromatic rings. The van der Waals surface area contributed by atoms with Crippen molar-refractivity contribution >= 4 is 27.3 Å². The highest BCUT2D eigenvalue weighted by Gasteiger charge is 2.33. The Balaban J connectivity index is 1.82. The van der Waals surface area contributed by atoms with Crippen LogP contribution in [-0.4, -0.2) is 23.2 Å². The molecule has 142 valence electrons. The highest BCUT2D eigenvalue weighted by Crippen LogP contribution is 2.41. The summed E-state index contributed by atoms with van der Waals surface area (Å²) in [6, 6.07) is 6.57. The van der Waals surface area contributed by atoms with Crippen LogP contribution in [0.25, 0.3) is 11.5 Å². The fourth-order valence-electron chi connectivity index (χ4n) is 3.09. The molecule has 0 radical (unpaired) electrons. The van der Waals surface area contributed by atoms with E-state index in [-0.39, 0.29) is 10.8 Å². The molecule has 0 saturated heterocycles. The number of benzene rings is 1. The van der Waals surface area contributed by atoms with Crippen molar-refractivity contribution in [1.82, 2.24) is 14.8 Å². The Morgan fingerprint density at radius 3 is 2.63 bits per heavy atom. The summed E-state index contributed by atoms with van der Waals surface area (Å²) in [4.78, 5) is 0.133. The van der Waals surface area contributed by atoms with Crippen LogP contribution in [0.15, 0.2) is 33.6 Å². The van der Waals surface area contributed by atoms with E-state index < -0.39 is 10.0 Å². The van der Waals surface area contributed by atoms with Gasteiger partial charge in [-0.1, -0.05) is 17.7 Å². The van der Waals surface area contributed by atoms with Gasteiger partial charge in [0.25, 0.3) is 15.9 Å². The van der Waals surface area contributed by atoms with Gasteiger partial charge in [0.1, 0.15) is 4.90 Å². The average Bonchev–Trinajstić information content (AvgIpc) is 3.29. The van der Waals surface area contributed by atoms with Crippen LogP contribution < -0.4 is 4.72 Å². The first-order chi connectivity index (χ1) is 12.8. The third kappa shape index (κ3) is 3.23. The normalized spacial score (nSPS) is 14.5. The van der Waals surface area contributed by atoms with Crippen LogP contribution in [-0.2, 0) is 17.1 Å². The van der Waals surface area contributed by atoms with Crippen molar-refractivity contribution in [3.8, 4) is 11.5 Å². The Morgan fingerprint density at radius 2 is 1.96 bits per heavy atom. The molecule has 1 aliphatic carbocycles. The molecule has 2 heterocycles. The van der Waals surface area contributed by atoms with Gasteiger partial charge in [-0.05, 0) is 44.9 Å². The highest BCUT2D eigenvalue weighted by molar-refractivity contribution is 7.93. The van der Waals surface area contributed by atoms with Gasteiger partial charge in [-0.25, -0.2) is 8.42 Å². The molecule has 1 saturated carbocycles. The topological polar surface area (TPSA) is 90.0 Å². The Hall–Kier alpha value is -2.32. The molecule has 0 bridgehead atoms. The Bertz CT molecular complexity index is 1130. The quantitative estimate of drug-likeness (QED) is 0.691. The highest BCUT2D eigenvalue weighted by atomic mass is 35.5. The fraction of sp³-hybridized carbons (Fsp3) is 0.333. The van der Waals surface area contributed by atoms with Crippen molar-refractivity contribution in [1.29, 1.82) is 0 Å². The molecule has 0 aliphatic heterocycles. The summed E-state index contributed by atoms with van der Waals surface area (Å²) >= 11 is 5.97. The monoisotopic (exact) mass is 406 g/mol. The summed E-state index contributed by atoms with van der Waals surface area (Å²) in [6.45, 7) is 3.59. The summed E-state index contributed by atoms with van der Waals surface area (Å²) in [5.41, 5.74) is 2.15. The average molecular weight is 407 g/mol. The van der Waals surface area contributed by atoms with E-state index in [1.807, 2.05) is 18.5 Å². The second-order valence-corrected chi connectivity index (χ2v) is 8.83. The molecule has 1 fully saturated rings. The number of nitrogens with zero attached hydrogens (tertiary/aromatic N) is 3. The lowest BCUT2D eigenvalue weighted by Gasteiger charge is -2.10. The van der Waals surface area contributed by atoms with E-state index in [0.717, 1.165) is 18.5 Å². The smallest absolute Gasteiger partial charge is 0.264 e. The first-order valence-corrected chi connectivity index (χ1v) is 10.4. The van der Waals surface area contributed by atoms with Crippen molar-refractivity contribution in [2.24, 2.45) is 7.05 Å². The second kappa shape index (κ2) is 6.38. The molecule has 7 nitrogen and oxygen atoms in total. The summed E-state index contributed by atoms with van der Waals surface area (Å²) in [5.74, 6) is 1.09. The lowest BCUT2D eigenvalue weighted by Crippen LogP contribution is -2.14. The number of hydrogen-bond acceptors (Lipinski definition) is 5. The SMILES string of the molecule is Cc1c(-c2nnc(C3CC3)o2)c(S(=O)(=O)Nc2cccc(Cl)c2)c(C)n1C. The fourth-order valence-corrected chi connectivity index (χ4v) is 4.85. The van der Waals surface area contributed by atoms with Crippen molar-refractivity contribution in [3.05, 3.63) is 46.6 Å². The molecule has 0 spiro atoms. The van der Waals surface area contributed by atoms with Gasteiger partial charge >= 0.3 is 0 Å². The molecule has 1 aliphatic rings. The third-order valence-electron chi connectivity index (χ3n) is 4.85. The summed E-state index contributed by atoms with van der Waals surface area (Å²) in [6.07, 6.45) is 2.05. The van der Waals surface area contributed by atoms with Gasteiger partial charge in [-0.3, -0.25) is 4.72 Å². The van der Waals surface area contributed by atoms with Crippen molar-refractivity contribution in [2.45, 2.75) is 37.5 Å². The van der Waals surface area contributed by atoms with Crippen LogP contribution in [0.3, 0.4) is 0 Å². The molecular formula is C18H19ClN4O3S. The summed E-state index contributed by atoms with van der Waals surface area (Å²) in [7, 11) is -2.08. The molecule has 0 amide bonds. The first-order valence-electron chi connectivity index (χ1n) is 8.56. The zero-order chi connectivity index (χ0) is 19.3. The molecular weight excluding hydrogens is 388 g/mol. The van der Waals surface area contributed by atoms with Crippen molar-refractivity contribution in [3.63, 3.8) is 0 Å². The molecule has 0 atom stereocenters. The number of anilines is 1. The Kier molecular flexibility index (Phi) is 4.27. The van der Waals surface area contributed by atoms with E-state index >= 15 is 0 Å². The number of hydrogen-bond donors (Lipinski definition) is 1. The maximum absolute atomic E-state index is 13.2. The molecule has 2 aromatic heterocycles. The summed E-state index contributed by atoms with van der Waals surface area (Å²) in [5, 5.41) is 8.66. The molecule has 27 heavy (non-hydrogen) atoms. The molecule has 1 aromatic carbocycles. The number of aromatic nitrogens is 3. The van der Waals surface area contributed by atoms with Gasteiger partial charge in [0.2, 0.25) is 5.89 Å². The second-order valence-electron chi connectivity index (χ2n) is 6.77. The van der Waals surface area contributed by atoms with Crippen LogP contribution in [0, 0.1) is 13.8 Å². The number of rotatable bonds is 5. The van der Waals surface area contributed by atoms with E-state index in [4.69, 9.17) is 16.0 Å². The minimum atomic E-state index is -3.89. The predicted octanol–water partition coefficient (Wildman–Crippen LogP) is 4.02. The van der Waals surface area contributed by atoms with Gasteiger partial charge < -0.3 is 8.98 Å². The largest absolute Gasteiger partial charge is 0.420 e. The van der Waals surface area contributed by atoms with Gasteiger partial charge in [0.15, 0.2) is 0 Å². The zero-order valence-corrected chi connectivity index (χ0v) is 16.7. The van der Waals surface area contributed by atoms with Crippen LogP contribution >= 0.6 is 11.6 Å². The maximum atomic E-state index is 13.2. The van der Waals surface area contributed by atoms with Gasteiger partial charge in [0.05, 0.1) is 11.3 Å². The number of halogens is 1. The van der Waals surface area contributed by atoms with Crippen LogP contribution in [0.1, 0.15) is 36.0 Å². The molecule has 9 heteroatoms. The van der Waals surface area contributed by atoms with E-state index in [9.17, 15) is 8.42 Å². The predicted molar refractivity (Wildman–Crippen MR) is 102 cm³/mol. The minimum Gasteiger partial charge on any atom is -0.420 e. The molecule has 0 unspecified atom stereocenters. The van der Waals surface area contributed by atoms with Crippen LogP contribution in [0.5, 0.6) is 0 Å². The van der Waals surface area contributed by atoms with E-state index in [0.29, 0.717) is 33.8 Å². The van der Waals surface area contributed by atoms with Gasteiger partial charge in [-0.15, -0.1) is 10.2 Å². The lowest BCUT2D eigenvalue weighted by molar-refractivity contribution is 0.507. The Labute approximate surface area is 162 Å². The minimum absolute atomic E-state index is 0.133. The van der Waals surface area contributed by atoms with E-state index in [1.165, 1.54) is 0 Å². The van der Waals surface area contributed by atoms with Crippen molar-refractivity contribution in [2.75, 3.05) is 4.72 Å². The zero-order valence-electron chi connectivity index (χ0n) is 15.2. The van der Waals surface area contributed by atoms with Crippen LogP contribution in [0.4, 0.5) is 5.69 Å². The maximum Gasteiger partial charge on any atom is 0.264 e. The van der Waals surface area contributed by atoms with E-state index in [2.05, 4.69) is 14.9 Å². The molecule has 1 N–H and O–H groups in total. The first kappa shape index (κ1) is 18.1. The van der Waals surface area contributed by atoms with Crippen molar-refractivity contribution < 1.29 is 12.8 Å². The standard InChI is InChI=1S/C18H19ClN4O3S/c1-10-15(18-21-20-17(26-18)12-7-8-12)16(11(2)23(10)3)27(24,25)22-14-6-4-5-13(19)9-14/h4-6,9,12,22H,7-8H2,1-3H3.